The minimum absolute atomic E-state index is 0.0161. The summed E-state index contributed by atoms with van der Waals surface area (Å²) in [5, 5.41) is 6.26. The highest BCUT2D eigenvalue weighted by Gasteiger charge is 2.16. The van der Waals surface area contributed by atoms with Gasteiger partial charge in [-0.15, -0.1) is 0 Å². The molecule has 0 radical (unpaired) electrons. The molecular formula is C13H18N2O. The zero-order valence-corrected chi connectivity index (χ0v) is 9.62. The molecule has 1 saturated heterocycles. The summed E-state index contributed by atoms with van der Waals surface area (Å²) in [6.45, 7) is 3.68. The molecule has 86 valence electrons. The predicted molar refractivity (Wildman–Crippen MR) is 64.4 cm³/mol. The van der Waals surface area contributed by atoms with Crippen LogP contribution in [0, 0.1) is 0 Å². The standard InChI is InChI=1S/C13H18N2O/c1-2-14-13(16)11-6-3-5-10(9-11)12-7-4-8-15-12/h3,5-6,9,12,15H,2,4,7-8H2,1H3,(H,14,16). The predicted octanol–water partition coefficient (Wildman–Crippen LogP) is 1.86. The van der Waals surface area contributed by atoms with Gasteiger partial charge in [-0.05, 0) is 44.0 Å². The summed E-state index contributed by atoms with van der Waals surface area (Å²) in [5.41, 5.74) is 1.98. The van der Waals surface area contributed by atoms with Gasteiger partial charge in [0.15, 0.2) is 0 Å². The van der Waals surface area contributed by atoms with Crippen molar-refractivity contribution in [1.29, 1.82) is 0 Å². The Balaban J connectivity index is 2.15. The zero-order valence-electron chi connectivity index (χ0n) is 9.62. The van der Waals surface area contributed by atoms with Crippen molar-refractivity contribution >= 4 is 5.91 Å². The lowest BCUT2D eigenvalue weighted by Crippen LogP contribution is -2.23. The quantitative estimate of drug-likeness (QED) is 0.813. The van der Waals surface area contributed by atoms with Crippen LogP contribution in [-0.2, 0) is 0 Å². The Morgan fingerprint density at radius 1 is 1.56 bits per heavy atom. The van der Waals surface area contributed by atoms with Gasteiger partial charge in [-0.3, -0.25) is 4.79 Å². The Morgan fingerprint density at radius 3 is 3.12 bits per heavy atom. The van der Waals surface area contributed by atoms with Crippen LogP contribution in [0.5, 0.6) is 0 Å². The van der Waals surface area contributed by atoms with Gasteiger partial charge in [0.25, 0.3) is 5.91 Å². The molecule has 1 aromatic rings. The molecular weight excluding hydrogens is 200 g/mol. The molecule has 1 fully saturated rings. The molecule has 0 saturated carbocycles. The van der Waals surface area contributed by atoms with Gasteiger partial charge < -0.3 is 10.6 Å². The number of hydrogen-bond acceptors (Lipinski definition) is 2. The fourth-order valence-electron chi connectivity index (χ4n) is 2.13. The van der Waals surface area contributed by atoms with E-state index in [0.29, 0.717) is 12.6 Å². The summed E-state index contributed by atoms with van der Waals surface area (Å²) < 4.78 is 0. The molecule has 1 heterocycles. The third-order valence-corrected chi connectivity index (χ3v) is 2.95. The lowest BCUT2D eigenvalue weighted by atomic mass is 10.0. The van der Waals surface area contributed by atoms with Crippen molar-refractivity contribution in [2.45, 2.75) is 25.8 Å². The molecule has 16 heavy (non-hydrogen) atoms. The van der Waals surface area contributed by atoms with E-state index >= 15 is 0 Å². The Labute approximate surface area is 96.2 Å². The first-order valence-electron chi connectivity index (χ1n) is 5.93. The van der Waals surface area contributed by atoms with E-state index in [2.05, 4.69) is 16.7 Å². The molecule has 1 atom stereocenters. The third-order valence-electron chi connectivity index (χ3n) is 2.95. The van der Waals surface area contributed by atoms with Crippen LogP contribution < -0.4 is 10.6 Å². The van der Waals surface area contributed by atoms with Gasteiger partial charge in [0, 0.05) is 18.2 Å². The van der Waals surface area contributed by atoms with Crippen LogP contribution in [0.2, 0.25) is 0 Å². The minimum Gasteiger partial charge on any atom is -0.352 e. The second kappa shape index (κ2) is 5.12. The molecule has 2 rings (SSSR count). The van der Waals surface area contributed by atoms with Gasteiger partial charge in [0.05, 0.1) is 0 Å². The molecule has 0 spiro atoms. The first-order chi connectivity index (χ1) is 7.81. The van der Waals surface area contributed by atoms with E-state index in [1.54, 1.807) is 0 Å². The van der Waals surface area contributed by atoms with Crippen molar-refractivity contribution in [2.24, 2.45) is 0 Å². The lowest BCUT2D eigenvalue weighted by molar-refractivity contribution is 0.0955. The van der Waals surface area contributed by atoms with E-state index in [0.717, 1.165) is 12.1 Å². The number of hydrogen-bond donors (Lipinski definition) is 2. The van der Waals surface area contributed by atoms with Gasteiger partial charge in [-0.2, -0.15) is 0 Å². The van der Waals surface area contributed by atoms with E-state index in [1.807, 2.05) is 25.1 Å². The molecule has 1 aliphatic rings. The molecule has 3 nitrogen and oxygen atoms in total. The van der Waals surface area contributed by atoms with Crippen LogP contribution in [0.25, 0.3) is 0 Å². The Kier molecular flexibility index (Phi) is 3.57. The largest absolute Gasteiger partial charge is 0.352 e. The topological polar surface area (TPSA) is 41.1 Å². The van der Waals surface area contributed by atoms with Crippen LogP contribution >= 0.6 is 0 Å². The summed E-state index contributed by atoms with van der Waals surface area (Å²) in [5.74, 6) is 0.0161. The van der Waals surface area contributed by atoms with Gasteiger partial charge in [0.2, 0.25) is 0 Å². The van der Waals surface area contributed by atoms with Crippen LogP contribution in [0.4, 0.5) is 0 Å². The van der Waals surface area contributed by atoms with E-state index in [1.165, 1.54) is 18.4 Å². The minimum atomic E-state index is 0.0161. The summed E-state index contributed by atoms with van der Waals surface area (Å²) in [6, 6.07) is 8.33. The van der Waals surface area contributed by atoms with Crippen molar-refractivity contribution in [3.8, 4) is 0 Å². The number of amides is 1. The number of carbonyl (C=O) groups is 1. The Bertz CT molecular complexity index is 370. The molecule has 0 aromatic heterocycles. The van der Waals surface area contributed by atoms with Crippen molar-refractivity contribution in [2.75, 3.05) is 13.1 Å². The fourth-order valence-corrected chi connectivity index (χ4v) is 2.13. The highest BCUT2D eigenvalue weighted by atomic mass is 16.1. The van der Waals surface area contributed by atoms with Gasteiger partial charge in [0.1, 0.15) is 0 Å². The third kappa shape index (κ3) is 2.42. The summed E-state index contributed by atoms with van der Waals surface area (Å²) in [6.07, 6.45) is 2.38. The number of rotatable bonds is 3. The maximum absolute atomic E-state index is 11.7. The highest BCUT2D eigenvalue weighted by Crippen LogP contribution is 2.23. The molecule has 1 aromatic carbocycles. The molecule has 2 N–H and O–H groups in total. The maximum Gasteiger partial charge on any atom is 0.251 e. The monoisotopic (exact) mass is 218 g/mol. The van der Waals surface area contributed by atoms with Gasteiger partial charge in [-0.1, -0.05) is 12.1 Å². The van der Waals surface area contributed by atoms with E-state index in [4.69, 9.17) is 0 Å². The number of carbonyl (C=O) groups excluding carboxylic acids is 1. The van der Waals surface area contributed by atoms with Crippen molar-refractivity contribution < 1.29 is 4.79 Å². The Hall–Kier alpha value is -1.35. The highest BCUT2D eigenvalue weighted by molar-refractivity contribution is 5.94. The second-order valence-electron chi connectivity index (χ2n) is 4.13. The van der Waals surface area contributed by atoms with Crippen LogP contribution in [-0.4, -0.2) is 19.0 Å². The molecule has 3 heteroatoms. The number of benzene rings is 1. The maximum atomic E-state index is 11.7. The van der Waals surface area contributed by atoms with Crippen LogP contribution in [0.1, 0.15) is 41.7 Å². The molecule has 0 bridgehead atoms. The second-order valence-corrected chi connectivity index (χ2v) is 4.13. The van der Waals surface area contributed by atoms with Crippen LogP contribution in [0.3, 0.4) is 0 Å². The summed E-state index contributed by atoms with van der Waals surface area (Å²) in [4.78, 5) is 11.7. The average molecular weight is 218 g/mol. The SMILES string of the molecule is CCNC(=O)c1cccc(C2CCCN2)c1. The summed E-state index contributed by atoms with van der Waals surface area (Å²) >= 11 is 0. The first-order valence-corrected chi connectivity index (χ1v) is 5.93. The van der Waals surface area contributed by atoms with E-state index in [-0.39, 0.29) is 5.91 Å². The number of nitrogens with one attached hydrogen (secondary N) is 2. The molecule has 1 unspecified atom stereocenters. The smallest absolute Gasteiger partial charge is 0.251 e. The van der Waals surface area contributed by atoms with Crippen molar-refractivity contribution in [3.63, 3.8) is 0 Å². The molecule has 1 amide bonds. The van der Waals surface area contributed by atoms with Gasteiger partial charge >= 0.3 is 0 Å². The molecule has 1 aliphatic heterocycles. The van der Waals surface area contributed by atoms with E-state index in [9.17, 15) is 4.79 Å². The molecule has 0 aliphatic carbocycles. The first kappa shape index (κ1) is 11.1. The van der Waals surface area contributed by atoms with Crippen molar-refractivity contribution in [1.82, 2.24) is 10.6 Å². The average Bonchev–Trinajstić information content (AvgIpc) is 2.83. The Morgan fingerprint density at radius 2 is 2.44 bits per heavy atom. The zero-order chi connectivity index (χ0) is 11.4. The van der Waals surface area contributed by atoms with E-state index < -0.39 is 0 Å². The lowest BCUT2D eigenvalue weighted by Gasteiger charge is -2.11. The normalized spacial score (nSPS) is 19.7. The van der Waals surface area contributed by atoms with Crippen LogP contribution in [0.15, 0.2) is 24.3 Å². The van der Waals surface area contributed by atoms with Crippen molar-refractivity contribution in [3.05, 3.63) is 35.4 Å². The van der Waals surface area contributed by atoms with Gasteiger partial charge in [-0.25, -0.2) is 0 Å². The fraction of sp³-hybridized carbons (Fsp3) is 0.462. The summed E-state index contributed by atoms with van der Waals surface area (Å²) in [7, 11) is 0.